The van der Waals surface area contributed by atoms with E-state index < -0.39 is 0 Å². The van der Waals surface area contributed by atoms with Crippen LogP contribution < -0.4 is 5.32 Å². The number of anilines is 1. The van der Waals surface area contributed by atoms with E-state index in [9.17, 15) is 4.79 Å². The van der Waals surface area contributed by atoms with Crippen LogP contribution in [0.1, 0.15) is 72.3 Å². The first-order valence-electron chi connectivity index (χ1n) is 12.3. The normalized spacial score (nSPS) is 25.5. The standard InChI is InChI=1S/C27H30N4O/c32-26-21-4-1-3-19-20(5-6-22(30-26)25(19)21)24(18-15-28-29-16-18)17-8-13-31(14-9-17)23-7-12-27(23)10-2-11-27/h1,3-6,15-17,23-24H,2,7-14H2,(H,28,29)(H,30,32). The molecule has 1 aromatic heterocycles. The predicted molar refractivity (Wildman–Crippen MR) is 126 cm³/mol. The van der Waals surface area contributed by atoms with Crippen LogP contribution in [-0.4, -0.2) is 40.1 Å². The van der Waals surface area contributed by atoms with Gasteiger partial charge in [0.1, 0.15) is 0 Å². The van der Waals surface area contributed by atoms with Gasteiger partial charge >= 0.3 is 0 Å². The second-order valence-electron chi connectivity index (χ2n) is 10.5. The predicted octanol–water partition coefficient (Wildman–Crippen LogP) is 5.31. The van der Waals surface area contributed by atoms with Crippen LogP contribution in [0.25, 0.3) is 10.8 Å². The number of aromatic nitrogens is 2. The van der Waals surface area contributed by atoms with Gasteiger partial charge in [-0.05, 0) is 91.6 Å². The molecule has 0 bridgehead atoms. The van der Waals surface area contributed by atoms with E-state index in [0.717, 1.165) is 22.7 Å². The van der Waals surface area contributed by atoms with Gasteiger partial charge in [-0.15, -0.1) is 0 Å². The minimum absolute atomic E-state index is 0.0151. The SMILES string of the molecule is O=C1Nc2ccc(C(c3cn[nH]c3)C3CCN(C4CCC45CCC5)CC3)c3cccc1c23. The summed E-state index contributed by atoms with van der Waals surface area (Å²) in [6, 6.07) is 11.3. The summed E-state index contributed by atoms with van der Waals surface area (Å²) >= 11 is 0. The number of carbonyl (C=O) groups is 1. The summed E-state index contributed by atoms with van der Waals surface area (Å²) < 4.78 is 0. The van der Waals surface area contributed by atoms with Crippen molar-refractivity contribution in [3.05, 3.63) is 59.4 Å². The molecule has 7 rings (SSSR count). The number of H-pyrrole nitrogens is 1. The molecule has 5 nitrogen and oxygen atoms in total. The minimum atomic E-state index is 0.0151. The molecule has 1 spiro atoms. The van der Waals surface area contributed by atoms with Crippen molar-refractivity contribution >= 4 is 22.4 Å². The van der Waals surface area contributed by atoms with Crippen molar-refractivity contribution < 1.29 is 4.79 Å². The fourth-order valence-corrected chi connectivity index (χ4v) is 7.35. The highest BCUT2D eigenvalue weighted by Gasteiger charge is 2.53. The van der Waals surface area contributed by atoms with Crippen LogP contribution in [0.15, 0.2) is 42.7 Å². The Morgan fingerprint density at radius 3 is 2.62 bits per heavy atom. The Kier molecular flexibility index (Phi) is 4.08. The molecule has 3 aromatic rings. The van der Waals surface area contributed by atoms with Crippen molar-refractivity contribution in [2.75, 3.05) is 18.4 Å². The van der Waals surface area contributed by atoms with Gasteiger partial charge in [-0.1, -0.05) is 24.6 Å². The van der Waals surface area contributed by atoms with Crippen LogP contribution in [0.2, 0.25) is 0 Å². The second kappa shape index (κ2) is 6.92. The second-order valence-corrected chi connectivity index (χ2v) is 10.5. The molecule has 2 aliphatic carbocycles. The van der Waals surface area contributed by atoms with Gasteiger partial charge in [0.15, 0.2) is 0 Å². The van der Waals surface area contributed by atoms with Gasteiger partial charge in [0, 0.05) is 34.8 Å². The van der Waals surface area contributed by atoms with Crippen LogP contribution in [0.4, 0.5) is 5.69 Å². The van der Waals surface area contributed by atoms with E-state index in [2.05, 4.69) is 44.8 Å². The molecule has 2 unspecified atom stereocenters. The Hall–Kier alpha value is -2.66. The van der Waals surface area contributed by atoms with E-state index >= 15 is 0 Å². The van der Waals surface area contributed by atoms with Crippen LogP contribution in [0.3, 0.4) is 0 Å². The van der Waals surface area contributed by atoms with E-state index in [-0.39, 0.29) is 5.91 Å². The highest BCUT2D eigenvalue weighted by molar-refractivity contribution is 6.24. The maximum Gasteiger partial charge on any atom is 0.256 e. The van der Waals surface area contributed by atoms with Gasteiger partial charge < -0.3 is 5.32 Å². The Bertz CT molecular complexity index is 1180. The van der Waals surface area contributed by atoms with E-state index in [0.29, 0.717) is 17.3 Å². The molecule has 2 aromatic carbocycles. The molecule has 1 amide bonds. The number of likely N-dealkylation sites (tertiary alicyclic amines) is 1. The van der Waals surface area contributed by atoms with E-state index in [1.54, 1.807) is 0 Å². The first-order chi connectivity index (χ1) is 15.7. The molecular weight excluding hydrogens is 396 g/mol. The maximum absolute atomic E-state index is 12.4. The van der Waals surface area contributed by atoms with Gasteiger partial charge in [-0.2, -0.15) is 5.10 Å². The summed E-state index contributed by atoms with van der Waals surface area (Å²) in [5.41, 5.74) is 5.03. The Labute approximate surface area is 188 Å². The third-order valence-electron chi connectivity index (χ3n) is 9.24. The van der Waals surface area contributed by atoms with E-state index in [1.165, 1.54) is 74.5 Å². The summed E-state index contributed by atoms with van der Waals surface area (Å²) in [7, 11) is 0. The van der Waals surface area contributed by atoms with Crippen molar-refractivity contribution in [2.45, 2.75) is 56.9 Å². The lowest BCUT2D eigenvalue weighted by atomic mass is 9.52. The molecule has 4 aliphatic rings. The highest BCUT2D eigenvalue weighted by atomic mass is 16.1. The molecule has 2 saturated carbocycles. The van der Waals surface area contributed by atoms with E-state index in [1.807, 2.05) is 18.3 Å². The van der Waals surface area contributed by atoms with Gasteiger partial charge in [0.25, 0.3) is 5.91 Å². The number of hydrogen-bond donors (Lipinski definition) is 2. The van der Waals surface area contributed by atoms with Crippen LogP contribution in [-0.2, 0) is 0 Å². The van der Waals surface area contributed by atoms with Crippen LogP contribution >= 0.6 is 0 Å². The van der Waals surface area contributed by atoms with Crippen molar-refractivity contribution in [3.63, 3.8) is 0 Å². The topological polar surface area (TPSA) is 61.0 Å². The number of piperidine rings is 1. The summed E-state index contributed by atoms with van der Waals surface area (Å²) in [6.45, 7) is 2.43. The Balaban J connectivity index is 1.23. The zero-order valence-corrected chi connectivity index (χ0v) is 18.4. The van der Waals surface area contributed by atoms with Gasteiger partial charge in [-0.25, -0.2) is 0 Å². The molecule has 2 aliphatic heterocycles. The van der Waals surface area contributed by atoms with Crippen LogP contribution in [0.5, 0.6) is 0 Å². The third-order valence-corrected chi connectivity index (χ3v) is 9.24. The molecule has 3 heterocycles. The number of carbonyl (C=O) groups excluding carboxylic acids is 1. The summed E-state index contributed by atoms with van der Waals surface area (Å²) in [5.74, 6) is 0.902. The first kappa shape index (κ1) is 18.9. The molecule has 32 heavy (non-hydrogen) atoms. The number of nitrogens with one attached hydrogen (secondary N) is 2. The molecule has 1 saturated heterocycles. The van der Waals surface area contributed by atoms with E-state index in [4.69, 9.17) is 0 Å². The number of nitrogens with zero attached hydrogens (tertiary/aromatic N) is 2. The largest absolute Gasteiger partial charge is 0.321 e. The smallest absolute Gasteiger partial charge is 0.256 e. The van der Waals surface area contributed by atoms with Crippen LogP contribution in [0, 0.1) is 11.3 Å². The molecule has 3 fully saturated rings. The lowest BCUT2D eigenvalue weighted by Crippen LogP contribution is -2.60. The number of hydrogen-bond acceptors (Lipinski definition) is 3. The average Bonchev–Trinajstić information content (AvgIpc) is 3.39. The van der Waals surface area contributed by atoms with Gasteiger partial charge in [-0.3, -0.25) is 14.8 Å². The zero-order chi connectivity index (χ0) is 21.3. The summed E-state index contributed by atoms with van der Waals surface area (Å²) in [5, 5.41) is 12.7. The molecular formula is C27H30N4O. The van der Waals surface area contributed by atoms with Crippen molar-refractivity contribution in [2.24, 2.45) is 11.3 Å². The summed E-state index contributed by atoms with van der Waals surface area (Å²) in [6.07, 6.45) is 13.8. The number of rotatable bonds is 4. The fraction of sp³-hybridized carbons (Fsp3) is 0.481. The minimum Gasteiger partial charge on any atom is -0.321 e. The molecule has 5 heteroatoms. The number of aromatic amines is 1. The Morgan fingerprint density at radius 1 is 1.06 bits per heavy atom. The number of benzene rings is 2. The maximum atomic E-state index is 12.4. The third kappa shape index (κ3) is 2.60. The monoisotopic (exact) mass is 426 g/mol. The Morgan fingerprint density at radius 2 is 1.94 bits per heavy atom. The molecule has 0 radical (unpaired) electrons. The quantitative estimate of drug-likeness (QED) is 0.595. The van der Waals surface area contributed by atoms with Crippen molar-refractivity contribution in [1.82, 2.24) is 15.1 Å². The van der Waals surface area contributed by atoms with Gasteiger partial charge in [0.2, 0.25) is 0 Å². The molecule has 2 atom stereocenters. The molecule has 2 N–H and O–H groups in total. The fourth-order valence-electron chi connectivity index (χ4n) is 7.35. The van der Waals surface area contributed by atoms with Crippen molar-refractivity contribution in [1.29, 1.82) is 0 Å². The van der Waals surface area contributed by atoms with Gasteiger partial charge in [0.05, 0.1) is 6.20 Å². The summed E-state index contributed by atoms with van der Waals surface area (Å²) in [4.78, 5) is 15.3. The zero-order valence-electron chi connectivity index (χ0n) is 18.4. The lowest BCUT2D eigenvalue weighted by Gasteiger charge is -2.60. The highest BCUT2D eigenvalue weighted by Crippen LogP contribution is 2.58. The van der Waals surface area contributed by atoms with Crippen molar-refractivity contribution in [3.8, 4) is 0 Å². The molecule has 164 valence electrons. The average molecular weight is 427 g/mol. The first-order valence-corrected chi connectivity index (χ1v) is 12.3. The lowest BCUT2D eigenvalue weighted by molar-refractivity contribution is -0.0923. The number of amides is 1.